The maximum absolute atomic E-state index is 13.7. The smallest absolute Gasteiger partial charge is 0.228 e. The molecule has 196 valence electrons. The van der Waals surface area contributed by atoms with Crippen LogP contribution in [0, 0.1) is 0 Å². The van der Waals surface area contributed by atoms with Crippen molar-refractivity contribution in [3.05, 3.63) is 100 Å². The first-order valence-electron chi connectivity index (χ1n) is 13.6. The number of nitrogens with zero attached hydrogens (tertiary/aromatic N) is 1. The fourth-order valence-corrected chi connectivity index (χ4v) is 5.74. The Kier molecular flexibility index (Phi) is 7.22. The number of hydrogen-bond donors (Lipinski definition) is 1. The molecule has 1 amide bonds. The zero-order chi connectivity index (χ0) is 26.9. The lowest BCUT2D eigenvalue weighted by Crippen LogP contribution is -2.30. The maximum atomic E-state index is 13.7. The third-order valence-electron chi connectivity index (χ3n) is 8.00. The first kappa shape index (κ1) is 25.9. The van der Waals surface area contributed by atoms with Crippen LogP contribution in [0.25, 0.3) is 5.57 Å². The Balaban J connectivity index is 1.34. The molecule has 5 heteroatoms. The lowest BCUT2D eigenvalue weighted by atomic mass is 9.68. The minimum absolute atomic E-state index is 0.0517. The van der Waals surface area contributed by atoms with E-state index in [1.54, 1.807) is 0 Å². The minimum Gasteiger partial charge on any atom is -0.492 e. The highest BCUT2D eigenvalue weighted by Crippen LogP contribution is 2.50. The molecule has 0 fully saturated rings. The van der Waals surface area contributed by atoms with Gasteiger partial charge in [0.1, 0.15) is 12.4 Å². The predicted molar refractivity (Wildman–Crippen MR) is 153 cm³/mol. The van der Waals surface area contributed by atoms with Crippen LogP contribution < -0.4 is 10.1 Å². The van der Waals surface area contributed by atoms with Crippen LogP contribution in [0.1, 0.15) is 60.3 Å². The SMILES string of the molecule is CCN(CC)CCOc1ccc2c(c1)C(C)(C)C1=C(C2=O)c2ccc(NC(=O)Cc3ccccc3)cc2C1. The van der Waals surface area contributed by atoms with Gasteiger partial charge in [0.2, 0.25) is 5.91 Å². The summed E-state index contributed by atoms with van der Waals surface area (Å²) in [5.41, 5.74) is 7.20. The summed E-state index contributed by atoms with van der Waals surface area (Å²) in [5, 5.41) is 3.03. The van der Waals surface area contributed by atoms with Crippen molar-refractivity contribution in [1.29, 1.82) is 0 Å². The number of amides is 1. The van der Waals surface area contributed by atoms with Crippen LogP contribution in [0.5, 0.6) is 5.75 Å². The molecule has 3 aromatic rings. The van der Waals surface area contributed by atoms with Crippen LogP contribution >= 0.6 is 0 Å². The molecule has 0 radical (unpaired) electrons. The number of anilines is 1. The molecular formula is C33H36N2O3. The van der Waals surface area contributed by atoms with Gasteiger partial charge in [-0.2, -0.15) is 0 Å². The second-order valence-electron chi connectivity index (χ2n) is 10.6. The molecule has 5 nitrogen and oxygen atoms in total. The van der Waals surface area contributed by atoms with E-state index in [2.05, 4.69) is 44.0 Å². The zero-order valence-corrected chi connectivity index (χ0v) is 22.8. The first-order chi connectivity index (χ1) is 18.3. The molecule has 5 rings (SSSR count). The molecule has 1 N–H and O–H groups in total. The van der Waals surface area contributed by atoms with Crippen molar-refractivity contribution in [2.24, 2.45) is 0 Å². The van der Waals surface area contributed by atoms with Crippen molar-refractivity contribution in [3.8, 4) is 5.75 Å². The van der Waals surface area contributed by atoms with E-state index in [4.69, 9.17) is 4.74 Å². The molecule has 0 saturated heterocycles. The van der Waals surface area contributed by atoms with Crippen LogP contribution in [0.2, 0.25) is 0 Å². The number of nitrogens with one attached hydrogen (secondary N) is 1. The second kappa shape index (κ2) is 10.6. The van der Waals surface area contributed by atoms with Gasteiger partial charge >= 0.3 is 0 Å². The lowest BCUT2D eigenvalue weighted by Gasteiger charge is -2.34. The number of allylic oxidation sites excluding steroid dienone is 2. The molecule has 0 unspecified atom stereocenters. The number of ketones is 1. The molecule has 38 heavy (non-hydrogen) atoms. The van der Waals surface area contributed by atoms with E-state index in [-0.39, 0.29) is 17.1 Å². The lowest BCUT2D eigenvalue weighted by molar-refractivity contribution is -0.115. The van der Waals surface area contributed by atoms with Crippen molar-refractivity contribution in [2.45, 2.75) is 46.0 Å². The van der Waals surface area contributed by atoms with E-state index in [9.17, 15) is 9.59 Å². The molecule has 0 atom stereocenters. The van der Waals surface area contributed by atoms with Crippen LogP contribution in [0.3, 0.4) is 0 Å². The van der Waals surface area contributed by atoms with Gasteiger partial charge in [0.25, 0.3) is 0 Å². The van der Waals surface area contributed by atoms with Gasteiger partial charge in [0, 0.05) is 28.8 Å². The largest absolute Gasteiger partial charge is 0.492 e. The molecule has 2 aliphatic rings. The Morgan fingerprint density at radius 2 is 1.71 bits per heavy atom. The number of likely N-dealkylation sites (N-methyl/N-ethyl adjacent to an activating group) is 1. The van der Waals surface area contributed by atoms with Crippen molar-refractivity contribution in [3.63, 3.8) is 0 Å². The normalized spacial score (nSPS) is 15.2. The van der Waals surface area contributed by atoms with E-state index in [1.165, 1.54) is 0 Å². The van der Waals surface area contributed by atoms with Gasteiger partial charge in [-0.25, -0.2) is 0 Å². The van der Waals surface area contributed by atoms with Crippen LogP contribution in [-0.2, 0) is 23.1 Å². The van der Waals surface area contributed by atoms with E-state index >= 15 is 0 Å². The molecule has 0 aliphatic heterocycles. The van der Waals surface area contributed by atoms with E-state index < -0.39 is 0 Å². The van der Waals surface area contributed by atoms with Gasteiger partial charge in [-0.15, -0.1) is 0 Å². The standard InChI is InChI=1S/C33H36N2O3/c1-5-35(6-2)16-17-38-25-13-15-27-28(21-25)33(3,4)29-20-23-19-24(12-14-26(23)31(29)32(27)37)34-30(36)18-22-10-8-7-9-11-22/h7-15,19,21H,5-6,16-18,20H2,1-4H3,(H,34,36). The molecule has 0 spiro atoms. The number of carbonyl (C=O) groups excluding carboxylic acids is 2. The summed E-state index contributed by atoms with van der Waals surface area (Å²) in [6, 6.07) is 21.5. The average Bonchev–Trinajstić information content (AvgIpc) is 3.31. The molecule has 3 aromatic carbocycles. The number of rotatable bonds is 9. The van der Waals surface area contributed by atoms with E-state index in [0.29, 0.717) is 19.4 Å². The maximum Gasteiger partial charge on any atom is 0.228 e. The fourth-order valence-electron chi connectivity index (χ4n) is 5.74. The molecule has 0 saturated carbocycles. The third-order valence-corrected chi connectivity index (χ3v) is 8.00. The summed E-state index contributed by atoms with van der Waals surface area (Å²) in [6.07, 6.45) is 1.02. The number of Topliss-reactive ketones (excluding diaryl/α,β-unsaturated/α-hetero) is 1. The summed E-state index contributed by atoms with van der Waals surface area (Å²) < 4.78 is 6.09. The quantitative estimate of drug-likeness (QED) is 0.381. The molecule has 0 bridgehead atoms. The minimum atomic E-state index is -0.313. The predicted octanol–water partition coefficient (Wildman–Crippen LogP) is 6.07. The topological polar surface area (TPSA) is 58.6 Å². The van der Waals surface area contributed by atoms with Gasteiger partial charge < -0.3 is 15.0 Å². The van der Waals surface area contributed by atoms with Crippen LogP contribution in [-0.4, -0.2) is 42.8 Å². The first-order valence-corrected chi connectivity index (χ1v) is 13.6. The summed E-state index contributed by atoms with van der Waals surface area (Å²) in [4.78, 5) is 28.7. The molecule has 2 aliphatic carbocycles. The van der Waals surface area contributed by atoms with Crippen molar-refractivity contribution in [1.82, 2.24) is 4.90 Å². The Bertz CT molecular complexity index is 1400. The number of fused-ring (bicyclic) bond motifs is 3. The highest BCUT2D eigenvalue weighted by Gasteiger charge is 2.43. The van der Waals surface area contributed by atoms with Gasteiger partial charge in [-0.1, -0.05) is 64.1 Å². The summed E-state index contributed by atoms with van der Waals surface area (Å²) >= 11 is 0. The molecule has 0 aromatic heterocycles. The summed E-state index contributed by atoms with van der Waals surface area (Å²) in [5.74, 6) is 0.826. The van der Waals surface area contributed by atoms with Crippen molar-refractivity contribution < 1.29 is 14.3 Å². The van der Waals surface area contributed by atoms with Gasteiger partial charge in [-0.3, -0.25) is 9.59 Å². The monoisotopic (exact) mass is 508 g/mol. The highest BCUT2D eigenvalue weighted by molar-refractivity contribution is 6.33. The van der Waals surface area contributed by atoms with Gasteiger partial charge in [0.05, 0.1) is 6.42 Å². The number of benzene rings is 3. The Morgan fingerprint density at radius 3 is 2.45 bits per heavy atom. The zero-order valence-electron chi connectivity index (χ0n) is 22.8. The molecule has 0 heterocycles. The van der Waals surface area contributed by atoms with Crippen LogP contribution in [0.4, 0.5) is 5.69 Å². The second-order valence-corrected chi connectivity index (χ2v) is 10.6. The third kappa shape index (κ3) is 4.91. The van der Waals surface area contributed by atoms with Gasteiger partial charge in [0.15, 0.2) is 5.78 Å². The van der Waals surface area contributed by atoms with E-state index in [0.717, 1.165) is 70.0 Å². The number of carbonyl (C=O) groups is 2. The van der Waals surface area contributed by atoms with Gasteiger partial charge in [-0.05, 0) is 77.7 Å². The Labute approximate surface area is 225 Å². The fraction of sp³-hybridized carbons (Fsp3) is 0.333. The Morgan fingerprint density at radius 1 is 0.974 bits per heavy atom. The van der Waals surface area contributed by atoms with Crippen molar-refractivity contribution >= 4 is 23.0 Å². The average molecular weight is 509 g/mol. The van der Waals surface area contributed by atoms with Crippen molar-refractivity contribution in [2.75, 3.05) is 31.6 Å². The number of ether oxygens (including phenoxy) is 1. The van der Waals surface area contributed by atoms with E-state index in [1.807, 2.05) is 60.7 Å². The number of hydrogen-bond acceptors (Lipinski definition) is 4. The molecular weight excluding hydrogens is 472 g/mol. The highest BCUT2D eigenvalue weighted by atomic mass is 16.5. The summed E-state index contributed by atoms with van der Waals surface area (Å²) in [6.45, 7) is 12.2. The van der Waals surface area contributed by atoms with Crippen LogP contribution in [0.15, 0.2) is 72.3 Å². The summed E-state index contributed by atoms with van der Waals surface area (Å²) in [7, 11) is 0. The Hall–Kier alpha value is -3.70.